The van der Waals surface area contributed by atoms with Crippen LogP contribution in [-0.2, 0) is 21.7 Å². The molecule has 1 unspecified atom stereocenters. The highest BCUT2D eigenvalue weighted by Crippen LogP contribution is 2.37. The minimum atomic E-state index is -1.28. The van der Waals surface area contributed by atoms with Crippen LogP contribution in [0.15, 0.2) is 42.5 Å². The summed E-state index contributed by atoms with van der Waals surface area (Å²) in [6.07, 6.45) is 0. The number of amides is 4. The van der Waals surface area contributed by atoms with Gasteiger partial charge in [-0.25, -0.2) is 4.79 Å². The van der Waals surface area contributed by atoms with Crippen molar-refractivity contribution in [2.45, 2.75) is 25.9 Å². The summed E-state index contributed by atoms with van der Waals surface area (Å²) in [5.41, 5.74) is 1.34. The predicted octanol–water partition coefficient (Wildman–Crippen LogP) is 1.81. The Morgan fingerprint density at radius 3 is 2.62 bits per heavy atom. The van der Waals surface area contributed by atoms with Gasteiger partial charge in [0.25, 0.3) is 5.91 Å². The number of ether oxygens (including phenoxy) is 2. The largest absolute Gasteiger partial charge is 0.454 e. The lowest BCUT2D eigenvalue weighted by Crippen LogP contribution is -2.43. The molecule has 0 saturated carbocycles. The third kappa shape index (κ3) is 3.49. The van der Waals surface area contributed by atoms with Gasteiger partial charge in [-0.15, -0.1) is 0 Å². The van der Waals surface area contributed by atoms with E-state index in [1.807, 2.05) is 31.2 Å². The second-order valence-corrected chi connectivity index (χ2v) is 7.28. The minimum absolute atomic E-state index is 0.114. The minimum Gasteiger partial charge on any atom is -0.454 e. The lowest BCUT2D eigenvalue weighted by atomic mass is 9.91. The molecule has 0 bridgehead atoms. The first-order valence-electron chi connectivity index (χ1n) is 9.23. The Bertz CT molecular complexity index is 988. The molecular weight excluding hydrogens is 374 g/mol. The van der Waals surface area contributed by atoms with E-state index in [0.29, 0.717) is 23.6 Å². The van der Waals surface area contributed by atoms with Crippen LogP contribution in [0.4, 0.5) is 4.79 Å². The number of hydrogen-bond donors (Lipinski definition) is 2. The van der Waals surface area contributed by atoms with Gasteiger partial charge in [0, 0.05) is 6.54 Å². The van der Waals surface area contributed by atoms with Crippen LogP contribution in [0.5, 0.6) is 11.5 Å². The molecule has 2 aliphatic rings. The average molecular weight is 395 g/mol. The zero-order valence-corrected chi connectivity index (χ0v) is 16.2. The molecule has 1 fully saturated rings. The van der Waals surface area contributed by atoms with Gasteiger partial charge in [-0.1, -0.05) is 35.9 Å². The molecule has 4 rings (SSSR count). The average Bonchev–Trinajstić information content (AvgIpc) is 3.26. The molecule has 2 aromatic carbocycles. The summed E-state index contributed by atoms with van der Waals surface area (Å²) in [4.78, 5) is 38.6. The molecular formula is C21H21N3O5. The van der Waals surface area contributed by atoms with Crippen molar-refractivity contribution in [3.63, 3.8) is 0 Å². The van der Waals surface area contributed by atoms with E-state index in [1.165, 1.54) is 0 Å². The van der Waals surface area contributed by atoms with Crippen molar-refractivity contribution in [3.05, 3.63) is 59.2 Å². The Labute approximate surface area is 167 Å². The number of hydrogen-bond acceptors (Lipinski definition) is 5. The summed E-state index contributed by atoms with van der Waals surface area (Å²) in [5, 5.41) is 5.42. The van der Waals surface area contributed by atoms with E-state index < -0.39 is 23.4 Å². The molecule has 2 heterocycles. The molecule has 29 heavy (non-hydrogen) atoms. The monoisotopic (exact) mass is 395 g/mol. The first-order chi connectivity index (χ1) is 13.9. The van der Waals surface area contributed by atoms with Gasteiger partial charge in [-0.05, 0) is 37.1 Å². The summed E-state index contributed by atoms with van der Waals surface area (Å²) >= 11 is 0. The third-order valence-electron chi connectivity index (χ3n) is 5.14. The van der Waals surface area contributed by atoms with E-state index >= 15 is 0 Å². The SMILES string of the molecule is Cc1ccc(CNC(=O)CN2C(=O)NC(C)(c3ccc4c(c3)OCO4)C2=O)cc1. The molecule has 150 valence electrons. The molecule has 4 amide bonds. The van der Waals surface area contributed by atoms with Crippen molar-refractivity contribution in [2.24, 2.45) is 0 Å². The fraction of sp³-hybridized carbons (Fsp3) is 0.286. The highest BCUT2D eigenvalue weighted by Gasteiger charge is 2.49. The van der Waals surface area contributed by atoms with Gasteiger partial charge in [0.1, 0.15) is 12.1 Å². The lowest BCUT2D eigenvalue weighted by Gasteiger charge is -2.22. The normalized spacial score (nSPS) is 20.0. The fourth-order valence-electron chi connectivity index (χ4n) is 3.35. The van der Waals surface area contributed by atoms with Crippen LogP contribution in [0.1, 0.15) is 23.6 Å². The summed E-state index contributed by atoms with van der Waals surface area (Å²) in [6.45, 7) is 3.67. The Hall–Kier alpha value is -3.55. The molecule has 8 heteroatoms. The van der Waals surface area contributed by atoms with Gasteiger partial charge in [0.2, 0.25) is 12.7 Å². The van der Waals surface area contributed by atoms with Crippen LogP contribution < -0.4 is 20.1 Å². The van der Waals surface area contributed by atoms with Gasteiger partial charge in [-0.3, -0.25) is 14.5 Å². The Morgan fingerprint density at radius 2 is 1.86 bits per heavy atom. The smallest absolute Gasteiger partial charge is 0.325 e. The third-order valence-corrected chi connectivity index (χ3v) is 5.14. The second kappa shape index (κ2) is 7.12. The molecule has 0 aromatic heterocycles. The van der Waals surface area contributed by atoms with Gasteiger partial charge in [0.05, 0.1) is 0 Å². The number of rotatable bonds is 5. The van der Waals surface area contributed by atoms with Crippen molar-refractivity contribution in [1.82, 2.24) is 15.5 Å². The maximum Gasteiger partial charge on any atom is 0.325 e. The predicted molar refractivity (Wildman–Crippen MR) is 103 cm³/mol. The van der Waals surface area contributed by atoms with E-state index in [-0.39, 0.29) is 13.3 Å². The summed E-state index contributed by atoms with van der Waals surface area (Å²) in [5.74, 6) is 0.192. The summed E-state index contributed by atoms with van der Waals surface area (Å²) < 4.78 is 10.6. The molecule has 8 nitrogen and oxygen atoms in total. The van der Waals surface area contributed by atoms with Crippen LogP contribution >= 0.6 is 0 Å². The first kappa shape index (κ1) is 18.8. The van der Waals surface area contributed by atoms with Crippen LogP contribution in [-0.4, -0.2) is 36.1 Å². The summed E-state index contributed by atoms with van der Waals surface area (Å²) in [7, 11) is 0. The number of nitrogens with zero attached hydrogens (tertiary/aromatic N) is 1. The Morgan fingerprint density at radius 1 is 1.14 bits per heavy atom. The quantitative estimate of drug-likeness (QED) is 0.753. The number of nitrogens with one attached hydrogen (secondary N) is 2. The van der Waals surface area contributed by atoms with Crippen LogP contribution in [0.25, 0.3) is 0 Å². The van der Waals surface area contributed by atoms with Crippen LogP contribution in [0.2, 0.25) is 0 Å². The van der Waals surface area contributed by atoms with Gasteiger partial charge in [-0.2, -0.15) is 0 Å². The van der Waals surface area contributed by atoms with Crippen LogP contribution in [0, 0.1) is 6.92 Å². The number of imide groups is 1. The Balaban J connectivity index is 1.43. The number of urea groups is 1. The molecule has 2 N–H and O–H groups in total. The topological polar surface area (TPSA) is 97.0 Å². The van der Waals surface area contributed by atoms with Crippen molar-refractivity contribution < 1.29 is 23.9 Å². The molecule has 0 spiro atoms. The Kier molecular flexibility index (Phi) is 4.62. The standard InChI is InChI=1S/C21H21N3O5/c1-13-3-5-14(6-4-13)10-22-18(25)11-24-19(26)21(2,23-20(24)27)15-7-8-16-17(9-15)29-12-28-16/h3-9H,10-12H2,1-2H3,(H,22,25)(H,23,27). The summed E-state index contributed by atoms with van der Waals surface area (Å²) in [6, 6.07) is 12.2. The zero-order valence-electron chi connectivity index (χ0n) is 16.2. The van der Waals surface area contributed by atoms with E-state index in [2.05, 4.69) is 10.6 Å². The van der Waals surface area contributed by atoms with Crippen molar-refractivity contribution in [1.29, 1.82) is 0 Å². The molecule has 0 aliphatic carbocycles. The van der Waals surface area contributed by atoms with Crippen molar-refractivity contribution >= 4 is 17.8 Å². The molecule has 1 atom stereocenters. The maximum atomic E-state index is 13.0. The van der Waals surface area contributed by atoms with Gasteiger partial charge in [0.15, 0.2) is 11.5 Å². The maximum absolute atomic E-state index is 13.0. The molecule has 2 aromatic rings. The number of carbonyl (C=O) groups is 3. The van der Waals surface area contributed by atoms with Crippen molar-refractivity contribution in [2.75, 3.05) is 13.3 Å². The van der Waals surface area contributed by atoms with Crippen LogP contribution in [0.3, 0.4) is 0 Å². The highest BCUT2D eigenvalue weighted by atomic mass is 16.7. The second-order valence-electron chi connectivity index (χ2n) is 7.28. The van der Waals surface area contributed by atoms with E-state index in [1.54, 1.807) is 25.1 Å². The van der Waals surface area contributed by atoms with E-state index in [9.17, 15) is 14.4 Å². The zero-order chi connectivity index (χ0) is 20.6. The van der Waals surface area contributed by atoms with E-state index in [0.717, 1.165) is 16.0 Å². The lowest BCUT2D eigenvalue weighted by molar-refractivity contribution is -0.134. The molecule has 1 saturated heterocycles. The first-order valence-corrected chi connectivity index (χ1v) is 9.23. The van der Waals surface area contributed by atoms with Gasteiger partial charge < -0.3 is 20.1 Å². The fourth-order valence-corrected chi connectivity index (χ4v) is 3.35. The number of aryl methyl sites for hydroxylation is 1. The molecule has 0 radical (unpaired) electrons. The number of carbonyl (C=O) groups excluding carboxylic acids is 3. The van der Waals surface area contributed by atoms with Gasteiger partial charge >= 0.3 is 6.03 Å². The van der Waals surface area contributed by atoms with E-state index in [4.69, 9.17) is 9.47 Å². The molecule has 2 aliphatic heterocycles. The number of fused-ring (bicyclic) bond motifs is 1. The highest BCUT2D eigenvalue weighted by molar-refractivity contribution is 6.09. The number of benzene rings is 2. The van der Waals surface area contributed by atoms with Crippen molar-refractivity contribution in [3.8, 4) is 11.5 Å².